The smallest absolute Gasteiger partial charge is 0.224 e. The summed E-state index contributed by atoms with van der Waals surface area (Å²) in [5.41, 5.74) is 5.38. The van der Waals surface area contributed by atoms with Crippen molar-refractivity contribution in [3.8, 4) is 0 Å². The first-order chi connectivity index (χ1) is 5.26. The van der Waals surface area contributed by atoms with Gasteiger partial charge in [-0.2, -0.15) is 9.97 Å². The van der Waals surface area contributed by atoms with Gasteiger partial charge in [-0.15, -0.1) is 11.6 Å². The van der Waals surface area contributed by atoms with Crippen LogP contribution >= 0.6 is 23.4 Å². The van der Waals surface area contributed by atoms with Gasteiger partial charge in [0.25, 0.3) is 0 Å². The maximum absolute atomic E-state index is 5.51. The normalized spacial score (nSPS) is 10.0. The fraction of sp³-hybridized carbons (Fsp3) is 0.400. The summed E-state index contributed by atoms with van der Waals surface area (Å²) in [6, 6.07) is 0. The molecule has 0 saturated carbocycles. The molecule has 6 heteroatoms. The number of nitrogens with zero attached hydrogens (tertiary/aromatic N) is 3. The molecule has 0 fully saturated rings. The number of aromatic nitrogens is 3. The third-order valence-electron chi connectivity index (χ3n) is 0.981. The van der Waals surface area contributed by atoms with E-state index in [-0.39, 0.29) is 11.8 Å². The highest BCUT2D eigenvalue weighted by molar-refractivity contribution is 7.98. The molecule has 0 saturated heterocycles. The lowest BCUT2D eigenvalue weighted by atomic mass is 10.7. The van der Waals surface area contributed by atoms with Crippen molar-refractivity contribution in [1.29, 1.82) is 0 Å². The van der Waals surface area contributed by atoms with Crippen LogP contribution in [0, 0.1) is 0 Å². The Morgan fingerprint density at radius 1 is 1.45 bits per heavy atom. The molecule has 0 unspecified atom stereocenters. The zero-order valence-electron chi connectivity index (χ0n) is 5.91. The number of alkyl halides is 1. The number of hydrogen-bond donors (Lipinski definition) is 1. The molecule has 1 aromatic rings. The zero-order chi connectivity index (χ0) is 8.27. The molecule has 1 heterocycles. The van der Waals surface area contributed by atoms with Crippen molar-refractivity contribution < 1.29 is 0 Å². The summed E-state index contributed by atoms with van der Waals surface area (Å²) in [5, 5.41) is 0.605. The number of nitrogen functional groups attached to an aromatic ring is 1. The molecule has 11 heavy (non-hydrogen) atoms. The van der Waals surface area contributed by atoms with Gasteiger partial charge in [-0.25, -0.2) is 4.98 Å². The second-order valence-corrected chi connectivity index (χ2v) is 2.77. The van der Waals surface area contributed by atoms with Crippen molar-refractivity contribution in [3.63, 3.8) is 0 Å². The Hall–Kier alpha value is -0.550. The maximum atomic E-state index is 5.51. The van der Waals surface area contributed by atoms with Crippen LogP contribution in [0.15, 0.2) is 5.16 Å². The molecule has 0 spiro atoms. The summed E-state index contributed by atoms with van der Waals surface area (Å²) >= 11 is 6.92. The second-order valence-electron chi connectivity index (χ2n) is 1.73. The highest BCUT2D eigenvalue weighted by Gasteiger charge is 2.00. The predicted octanol–water partition coefficient (Wildman–Crippen LogP) is 0.915. The van der Waals surface area contributed by atoms with E-state index in [1.165, 1.54) is 11.8 Å². The molecule has 60 valence electrons. The van der Waals surface area contributed by atoms with E-state index < -0.39 is 0 Å². The van der Waals surface area contributed by atoms with Gasteiger partial charge in [0.15, 0.2) is 5.16 Å². The molecule has 0 amide bonds. The summed E-state index contributed by atoms with van der Waals surface area (Å²) in [6.45, 7) is 0. The first-order valence-corrected chi connectivity index (χ1v) is 4.62. The lowest BCUT2D eigenvalue weighted by Crippen LogP contribution is -2.02. The van der Waals surface area contributed by atoms with E-state index in [4.69, 9.17) is 17.3 Å². The first-order valence-electron chi connectivity index (χ1n) is 2.86. The van der Waals surface area contributed by atoms with Crippen molar-refractivity contribution in [2.24, 2.45) is 0 Å². The van der Waals surface area contributed by atoms with Crippen molar-refractivity contribution in [2.45, 2.75) is 11.0 Å². The van der Waals surface area contributed by atoms with Gasteiger partial charge in [-0.3, -0.25) is 0 Å². The van der Waals surface area contributed by atoms with Gasteiger partial charge in [-0.05, 0) is 6.26 Å². The van der Waals surface area contributed by atoms with Crippen LogP contribution in [0.1, 0.15) is 5.82 Å². The number of rotatable bonds is 2. The standard InChI is InChI=1S/C5H7ClN4S/c1-11-5-9-3(2-6)8-4(7)10-5/h2H2,1H3,(H2,7,8,9,10). The van der Waals surface area contributed by atoms with Crippen molar-refractivity contribution in [2.75, 3.05) is 12.0 Å². The van der Waals surface area contributed by atoms with E-state index in [1.54, 1.807) is 0 Å². The lowest BCUT2D eigenvalue weighted by molar-refractivity contribution is 0.863. The topological polar surface area (TPSA) is 64.7 Å². The Kier molecular flexibility index (Phi) is 2.90. The molecule has 0 aliphatic rings. The summed E-state index contributed by atoms with van der Waals surface area (Å²) in [6.07, 6.45) is 1.87. The number of thioether (sulfide) groups is 1. The molecule has 0 radical (unpaired) electrons. The van der Waals surface area contributed by atoms with Crippen molar-refractivity contribution in [1.82, 2.24) is 15.0 Å². The Bertz CT molecular complexity index is 232. The van der Waals surface area contributed by atoms with Crippen molar-refractivity contribution in [3.05, 3.63) is 5.82 Å². The van der Waals surface area contributed by atoms with Gasteiger partial charge < -0.3 is 5.73 Å². The molecule has 2 N–H and O–H groups in total. The summed E-state index contributed by atoms with van der Waals surface area (Å²) in [4.78, 5) is 11.7. The van der Waals surface area contributed by atoms with Crippen LogP contribution in [0.5, 0.6) is 0 Å². The predicted molar refractivity (Wildman–Crippen MR) is 45.6 cm³/mol. The average molecular weight is 191 g/mol. The van der Waals surface area contributed by atoms with Gasteiger partial charge in [0.1, 0.15) is 5.82 Å². The van der Waals surface area contributed by atoms with E-state index in [2.05, 4.69) is 15.0 Å². The molecule has 0 aliphatic carbocycles. The van der Waals surface area contributed by atoms with Crippen LogP contribution in [0.4, 0.5) is 5.95 Å². The summed E-state index contributed by atoms with van der Waals surface area (Å²) < 4.78 is 0. The minimum atomic E-state index is 0.222. The van der Waals surface area contributed by atoms with Gasteiger partial charge in [0.05, 0.1) is 5.88 Å². The summed E-state index contributed by atoms with van der Waals surface area (Å²) in [7, 11) is 0. The lowest BCUT2D eigenvalue weighted by Gasteiger charge is -1.98. The molecule has 4 nitrogen and oxygen atoms in total. The Labute approximate surface area is 73.6 Å². The van der Waals surface area contributed by atoms with Gasteiger partial charge >= 0.3 is 0 Å². The van der Waals surface area contributed by atoms with Crippen LogP contribution in [0.3, 0.4) is 0 Å². The third-order valence-corrected chi connectivity index (χ3v) is 1.77. The fourth-order valence-corrected chi connectivity index (χ4v) is 1.07. The Balaban J connectivity index is 3.02. The highest BCUT2D eigenvalue weighted by Crippen LogP contribution is 2.09. The Morgan fingerprint density at radius 3 is 2.73 bits per heavy atom. The van der Waals surface area contributed by atoms with E-state index in [9.17, 15) is 0 Å². The fourth-order valence-electron chi connectivity index (χ4n) is 0.567. The van der Waals surface area contributed by atoms with Gasteiger partial charge in [0, 0.05) is 0 Å². The molecule has 0 aromatic carbocycles. The third kappa shape index (κ3) is 2.20. The molecular formula is C5H7ClN4S. The van der Waals surface area contributed by atoms with E-state index >= 15 is 0 Å². The molecule has 1 rings (SSSR count). The van der Waals surface area contributed by atoms with Crippen LogP contribution in [-0.2, 0) is 5.88 Å². The molecule has 0 bridgehead atoms. The van der Waals surface area contributed by atoms with Crippen molar-refractivity contribution >= 4 is 29.3 Å². The quantitative estimate of drug-likeness (QED) is 0.555. The average Bonchev–Trinajstić information content (AvgIpc) is 2.03. The number of hydrogen-bond acceptors (Lipinski definition) is 5. The van der Waals surface area contributed by atoms with Crippen LogP contribution in [0.25, 0.3) is 0 Å². The number of halogens is 1. The van der Waals surface area contributed by atoms with Crippen LogP contribution < -0.4 is 5.73 Å². The first kappa shape index (κ1) is 8.55. The highest BCUT2D eigenvalue weighted by atomic mass is 35.5. The number of anilines is 1. The minimum absolute atomic E-state index is 0.222. The van der Waals surface area contributed by atoms with E-state index in [0.29, 0.717) is 11.0 Å². The molecule has 0 aliphatic heterocycles. The zero-order valence-corrected chi connectivity index (χ0v) is 7.48. The van der Waals surface area contributed by atoms with Gasteiger partial charge in [-0.1, -0.05) is 11.8 Å². The summed E-state index contributed by atoms with van der Waals surface area (Å²) in [5.74, 6) is 1.00. The monoisotopic (exact) mass is 190 g/mol. The SMILES string of the molecule is CSc1nc(N)nc(CCl)n1. The Morgan fingerprint density at radius 2 is 2.18 bits per heavy atom. The second kappa shape index (κ2) is 3.73. The maximum Gasteiger partial charge on any atom is 0.224 e. The van der Waals surface area contributed by atoms with E-state index in [1.807, 2.05) is 6.26 Å². The van der Waals surface area contributed by atoms with E-state index in [0.717, 1.165) is 0 Å². The molecule has 1 aromatic heterocycles. The van der Waals surface area contributed by atoms with Crippen LogP contribution in [0.2, 0.25) is 0 Å². The molecule has 0 atom stereocenters. The largest absolute Gasteiger partial charge is 0.368 e. The number of nitrogens with two attached hydrogens (primary N) is 1. The minimum Gasteiger partial charge on any atom is -0.368 e. The van der Waals surface area contributed by atoms with Gasteiger partial charge in [0.2, 0.25) is 5.95 Å². The molecular weight excluding hydrogens is 184 g/mol. The van der Waals surface area contributed by atoms with Crippen LogP contribution in [-0.4, -0.2) is 21.2 Å².